The van der Waals surface area contributed by atoms with E-state index in [-0.39, 0.29) is 0 Å². The summed E-state index contributed by atoms with van der Waals surface area (Å²) in [6.45, 7) is 3.77. The Bertz CT molecular complexity index is 821. The summed E-state index contributed by atoms with van der Waals surface area (Å²) < 4.78 is 0. The van der Waals surface area contributed by atoms with E-state index >= 15 is 0 Å². The lowest BCUT2D eigenvalue weighted by Gasteiger charge is -2.19. The van der Waals surface area contributed by atoms with Crippen molar-refractivity contribution in [3.8, 4) is 0 Å². The third-order valence-corrected chi connectivity index (χ3v) is 4.49. The molecule has 0 fully saturated rings. The third kappa shape index (κ3) is 6.06. The van der Waals surface area contributed by atoms with Gasteiger partial charge in [0, 0.05) is 44.3 Å². The van der Waals surface area contributed by atoms with Crippen LogP contribution >= 0.6 is 0 Å². The second kappa shape index (κ2) is 9.67. The van der Waals surface area contributed by atoms with Crippen molar-refractivity contribution in [3.63, 3.8) is 0 Å². The van der Waals surface area contributed by atoms with Crippen LogP contribution in [0, 0.1) is 6.92 Å². The van der Waals surface area contributed by atoms with E-state index in [2.05, 4.69) is 74.7 Å². The molecule has 0 amide bonds. The summed E-state index contributed by atoms with van der Waals surface area (Å²) >= 11 is 0. The molecule has 0 atom stereocenters. The predicted octanol–water partition coefficient (Wildman–Crippen LogP) is 3.90. The van der Waals surface area contributed by atoms with Crippen LogP contribution < -0.4 is 10.2 Å². The largest absolute Gasteiger partial charge is 0.359 e. The zero-order chi connectivity index (χ0) is 18.9. The molecule has 0 aliphatic heterocycles. The quantitative estimate of drug-likeness (QED) is 0.586. The van der Waals surface area contributed by atoms with Crippen LogP contribution in [-0.4, -0.2) is 35.1 Å². The lowest BCUT2D eigenvalue weighted by molar-refractivity contribution is 0.835. The average molecular weight is 361 g/mol. The van der Waals surface area contributed by atoms with Crippen molar-refractivity contribution >= 4 is 11.8 Å². The maximum absolute atomic E-state index is 4.68. The number of pyridine rings is 1. The molecule has 0 unspecified atom stereocenters. The molecule has 0 spiro atoms. The molecular formula is C22H27N5. The highest BCUT2D eigenvalue weighted by molar-refractivity contribution is 5.44. The highest BCUT2D eigenvalue weighted by Gasteiger charge is 2.07. The van der Waals surface area contributed by atoms with E-state index < -0.39 is 0 Å². The Hall–Kier alpha value is -2.95. The van der Waals surface area contributed by atoms with E-state index in [1.165, 1.54) is 11.1 Å². The number of hydrogen-bond acceptors (Lipinski definition) is 5. The highest BCUT2D eigenvalue weighted by atomic mass is 15.2. The van der Waals surface area contributed by atoms with Gasteiger partial charge in [-0.2, -0.15) is 4.98 Å². The molecule has 2 heterocycles. The number of nitrogens with zero attached hydrogens (tertiary/aromatic N) is 4. The fourth-order valence-corrected chi connectivity index (χ4v) is 2.92. The van der Waals surface area contributed by atoms with Crippen LogP contribution in [-0.2, 0) is 12.8 Å². The number of nitrogens with one attached hydrogen (secondary N) is 1. The van der Waals surface area contributed by atoms with Gasteiger partial charge in [-0.3, -0.25) is 4.98 Å². The standard InChI is InChI=1S/C22H27N5/c1-18-17-21(27(2)16-12-20-10-14-23-15-11-20)26-22(25-18)24-13-6-9-19-7-4-3-5-8-19/h3-5,7-8,10-11,14-15,17H,6,9,12-13,16H2,1-2H3,(H,24,25,26). The highest BCUT2D eigenvalue weighted by Crippen LogP contribution is 2.14. The topological polar surface area (TPSA) is 53.9 Å². The Morgan fingerprint density at radius 2 is 1.67 bits per heavy atom. The minimum Gasteiger partial charge on any atom is -0.359 e. The molecule has 5 nitrogen and oxygen atoms in total. The summed E-state index contributed by atoms with van der Waals surface area (Å²) in [7, 11) is 2.07. The van der Waals surface area contributed by atoms with Crippen molar-refractivity contribution in [2.24, 2.45) is 0 Å². The minimum atomic E-state index is 0.703. The third-order valence-electron chi connectivity index (χ3n) is 4.49. The number of benzene rings is 1. The van der Waals surface area contributed by atoms with E-state index in [4.69, 9.17) is 0 Å². The predicted molar refractivity (Wildman–Crippen MR) is 111 cm³/mol. The van der Waals surface area contributed by atoms with E-state index in [0.717, 1.165) is 43.9 Å². The zero-order valence-corrected chi connectivity index (χ0v) is 16.1. The number of rotatable bonds is 9. The van der Waals surface area contributed by atoms with Crippen molar-refractivity contribution in [1.82, 2.24) is 15.0 Å². The number of hydrogen-bond donors (Lipinski definition) is 1. The molecule has 3 aromatic rings. The van der Waals surface area contributed by atoms with Gasteiger partial charge in [-0.05, 0) is 49.4 Å². The number of likely N-dealkylation sites (N-methyl/N-ethyl adjacent to an activating group) is 1. The van der Waals surface area contributed by atoms with Crippen molar-refractivity contribution in [2.45, 2.75) is 26.2 Å². The van der Waals surface area contributed by atoms with Crippen LogP contribution in [0.3, 0.4) is 0 Å². The van der Waals surface area contributed by atoms with Gasteiger partial charge >= 0.3 is 0 Å². The van der Waals surface area contributed by atoms with E-state index in [9.17, 15) is 0 Å². The molecule has 0 radical (unpaired) electrons. The molecule has 0 bridgehead atoms. The summed E-state index contributed by atoms with van der Waals surface area (Å²) in [5.41, 5.74) is 3.62. The monoisotopic (exact) mass is 361 g/mol. The first-order valence-electron chi connectivity index (χ1n) is 9.44. The molecule has 140 valence electrons. The van der Waals surface area contributed by atoms with Crippen molar-refractivity contribution < 1.29 is 0 Å². The molecular weight excluding hydrogens is 334 g/mol. The number of aromatic nitrogens is 3. The minimum absolute atomic E-state index is 0.703. The Morgan fingerprint density at radius 3 is 2.44 bits per heavy atom. The number of aryl methyl sites for hydroxylation is 2. The SMILES string of the molecule is Cc1cc(N(C)CCc2ccncc2)nc(NCCCc2ccccc2)n1. The van der Waals surface area contributed by atoms with Crippen LogP contribution in [0.2, 0.25) is 0 Å². The number of anilines is 2. The molecule has 0 aliphatic rings. The molecule has 3 rings (SSSR count). The van der Waals surface area contributed by atoms with Gasteiger partial charge in [-0.1, -0.05) is 30.3 Å². The lowest BCUT2D eigenvalue weighted by atomic mass is 10.1. The van der Waals surface area contributed by atoms with Gasteiger partial charge in [-0.15, -0.1) is 0 Å². The maximum Gasteiger partial charge on any atom is 0.224 e. The molecule has 2 aromatic heterocycles. The summed E-state index contributed by atoms with van der Waals surface area (Å²) in [6.07, 6.45) is 6.73. The van der Waals surface area contributed by atoms with Gasteiger partial charge in [0.15, 0.2) is 0 Å². The zero-order valence-electron chi connectivity index (χ0n) is 16.1. The van der Waals surface area contributed by atoms with Gasteiger partial charge in [0.1, 0.15) is 5.82 Å². The second-order valence-corrected chi connectivity index (χ2v) is 6.73. The van der Waals surface area contributed by atoms with Crippen LogP contribution in [0.4, 0.5) is 11.8 Å². The second-order valence-electron chi connectivity index (χ2n) is 6.73. The lowest BCUT2D eigenvalue weighted by Crippen LogP contribution is -2.22. The van der Waals surface area contributed by atoms with Gasteiger partial charge in [0.25, 0.3) is 0 Å². The smallest absolute Gasteiger partial charge is 0.224 e. The maximum atomic E-state index is 4.68. The van der Waals surface area contributed by atoms with E-state index in [1.807, 2.05) is 25.4 Å². The Labute approximate surface area is 161 Å². The van der Waals surface area contributed by atoms with Crippen LogP contribution in [0.25, 0.3) is 0 Å². The molecule has 0 saturated carbocycles. The Balaban J connectivity index is 1.52. The molecule has 0 saturated heterocycles. The summed E-state index contributed by atoms with van der Waals surface area (Å²) in [6, 6.07) is 16.7. The molecule has 27 heavy (non-hydrogen) atoms. The molecule has 0 aliphatic carbocycles. The molecule has 1 aromatic carbocycles. The van der Waals surface area contributed by atoms with Gasteiger partial charge in [-0.25, -0.2) is 4.98 Å². The van der Waals surface area contributed by atoms with Crippen molar-refractivity contribution in [3.05, 3.63) is 77.7 Å². The van der Waals surface area contributed by atoms with Gasteiger partial charge in [0.05, 0.1) is 0 Å². The summed E-state index contributed by atoms with van der Waals surface area (Å²) in [4.78, 5) is 15.4. The molecule has 5 heteroatoms. The van der Waals surface area contributed by atoms with E-state index in [0.29, 0.717) is 5.95 Å². The fourth-order valence-electron chi connectivity index (χ4n) is 2.92. The van der Waals surface area contributed by atoms with Crippen molar-refractivity contribution in [1.29, 1.82) is 0 Å². The van der Waals surface area contributed by atoms with E-state index in [1.54, 1.807) is 0 Å². The normalized spacial score (nSPS) is 10.6. The van der Waals surface area contributed by atoms with Crippen molar-refractivity contribution in [2.75, 3.05) is 30.4 Å². The first kappa shape index (κ1) is 18.8. The molecule has 1 N–H and O–H groups in total. The average Bonchev–Trinajstić information content (AvgIpc) is 2.70. The van der Waals surface area contributed by atoms with Gasteiger partial charge in [0.2, 0.25) is 5.95 Å². The van der Waals surface area contributed by atoms with Gasteiger partial charge < -0.3 is 10.2 Å². The summed E-state index contributed by atoms with van der Waals surface area (Å²) in [5.74, 6) is 1.65. The summed E-state index contributed by atoms with van der Waals surface area (Å²) in [5, 5.41) is 3.37. The van der Waals surface area contributed by atoms with Crippen LogP contribution in [0.15, 0.2) is 60.9 Å². The van der Waals surface area contributed by atoms with Crippen LogP contribution in [0.5, 0.6) is 0 Å². The Kier molecular flexibility index (Phi) is 6.74. The van der Waals surface area contributed by atoms with Crippen LogP contribution in [0.1, 0.15) is 23.2 Å². The first-order valence-corrected chi connectivity index (χ1v) is 9.44. The Morgan fingerprint density at radius 1 is 0.926 bits per heavy atom. The fraction of sp³-hybridized carbons (Fsp3) is 0.318. The first-order chi connectivity index (χ1) is 13.2.